The third kappa shape index (κ3) is 3.18. The van der Waals surface area contributed by atoms with E-state index >= 15 is 0 Å². The van der Waals surface area contributed by atoms with E-state index in [2.05, 4.69) is 15.3 Å². The molecule has 1 aliphatic heterocycles. The lowest BCUT2D eigenvalue weighted by Crippen LogP contribution is -2.40. The summed E-state index contributed by atoms with van der Waals surface area (Å²) in [6, 6.07) is 9.34. The highest BCUT2D eigenvalue weighted by molar-refractivity contribution is 6.30. The normalized spacial score (nSPS) is 14.7. The first kappa shape index (κ1) is 15.9. The van der Waals surface area contributed by atoms with Gasteiger partial charge in [0.05, 0.1) is 24.3 Å². The van der Waals surface area contributed by atoms with Gasteiger partial charge in [0.25, 0.3) is 5.91 Å². The molecule has 1 saturated heterocycles. The van der Waals surface area contributed by atoms with Crippen LogP contribution in [0.2, 0.25) is 5.02 Å². The average molecular weight is 357 g/mol. The third-order valence-corrected chi connectivity index (χ3v) is 4.45. The van der Waals surface area contributed by atoms with Gasteiger partial charge in [-0.2, -0.15) is 0 Å². The minimum Gasteiger partial charge on any atom is -0.378 e. The molecule has 6 nitrogen and oxygen atoms in total. The number of H-pyrrole nitrogens is 1. The molecule has 0 unspecified atom stereocenters. The number of hydrogen-bond donors (Lipinski definition) is 2. The Morgan fingerprint density at radius 2 is 2.12 bits per heavy atom. The van der Waals surface area contributed by atoms with Crippen LogP contribution in [0.25, 0.3) is 10.9 Å². The van der Waals surface area contributed by atoms with E-state index < -0.39 is 0 Å². The Bertz CT molecular complexity index is 918. The summed E-state index contributed by atoms with van der Waals surface area (Å²) in [5.74, 6) is 0.648. The Morgan fingerprint density at radius 3 is 2.92 bits per heavy atom. The number of nitrogens with zero attached hydrogens (tertiary/aromatic N) is 2. The Kier molecular flexibility index (Phi) is 4.29. The monoisotopic (exact) mass is 356 g/mol. The number of fused-ring (bicyclic) bond motifs is 1. The molecule has 0 atom stereocenters. The van der Waals surface area contributed by atoms with E-state index in [1.165, 1.54) is 0 Å². The van der Waals surface area contributed by atoms with Gasteiger partial charge in [-0.1, -0.05) is 17.7 Å². The zero-order chi connectivity index (χ0) is 17.2. The zero-order valence-corrected chi connectivity index (χ0v) is 14.2. The van der Waals surface area contributed by atoms with Crippen molar-refractivity contribution in [1.29, 1.82) is 0 Å². The Labute approximate surface area is 149 Å². The van der Waals surface area contributed by atoms with Crippen molar-refractivity contribution in [3.05, 3.63) is 53.3 Å². The molecule has 7 heteroatoms. The molecule has 2 N–H and O–H groups in total. The number of carbonyl (C=O) groups is 1. The molecule has 3 aromatic rings. The van der Waals surface area contributed by atoms with Gasteiger partial charge in [0.2, 0.25) is 0 Å². The molecular weight excluding hydrogens is 340 g/mol. The number of pyridine rings is 1. The molecule has 3 heterocycles. The number of halogens is 1. The maximum atomic E-state index is 12.8. The van der Waals surface area contributed by atoms with Crippen molar-refractivity contribution >= 4 is 39.9 Å². The maximum Gasteiger partial charge on any atom is 0.257 e. The van der Waals surface area contributed by atoms with Gasteiger partial charge in [-0.3, -0.25) is 4.79 Å². The highest BCUT2D eigenvalue weighted by Crippen LogP contribution is 2.28. The van der Waals surface area contributed by atoms with Crippen LogP contribution in [0.1, 0.15) is 10.4 Å². The summed E-state index contributed by atoms with van der Waals surface area (Å²) in [5, 5.41) is 4.77. The molecule has 1 aromatic carbocycles. The molecular formula is C18H17ClN4O2. The third-order valence-electron chi connectivity index (χ3n) is 4.21. The van der Waals surface area contributed by atoms with Crippen LogP contribution >= 0.6 is 11.6 Å². The Hall–Kier alpha value is -2.57. The van der Waals surface area contributed by atoms with Gasteiger partial charge in [-0.25, -0.2) is 4.98 Å². The van der Waals surface area contributed by atoms with E-state index in [9.17, 15) is 4.79 Å². The van der Waals surface area contributed by atoms with Crippen LogP contribution in [0.15, 0.2) is 42.7 Å². The lowest BCUT2D eigenvalue weighted by Gasteiger charge is -2.27. The second-order valence-electron chi connectivity index (χ2n) is 5.83. The standard InChI is InChI=1S/C18H17ClN4O2/c19-12-2-1-3-13(10-12)22-17-14-4-5-20-16(14)15(11-21-17)18(24)23-6-8-25-9-7-23/h1-5,10-11,20H,6-9H2,(H,21,22). The molecule has 0 radical (unpaired) electrons. The number of carbonyl (C=O) groups excluding carboxylic acids is 1. The topological polar surface area (TPSA) is 70.2 Å². The summed E-state index contributed by atoms with van der Waals surface area (Å²) in [5.41, 5.74) is 2.18. The highest BCUT2D eigenvalue weighted by atomic mass is 35.5. The maximum absolute atomic E-state index is 12.8. The first-order valence-electron chi connectivity index (χ1n) is 8.08. The summed E-state index contributed by atoms with van der Waals surface area (Å²) in [4.78, 5) is 22.2. The zero-order valence-electron chi connectivity index (χ0n) is 13.5. The Balaban J connectivity index is 1.68. The molecule has 4 rings (SSSR count). The molecule has 1 aliphatic rings. The largest absolute Gasteiger partial charge is 0.378 e. The van der Waals surface area contributed by atoms with Crippen LogP contribution in [0.3, 0.4) is 0 Å². The van der Waals surface area contributed by atoms with Crippen molar-refractivity contribution in [2.75, 3.05) is 31.6 Å². The molecule has 128 valence electrons. The minimum atomic E-state index is -0.0300. The van der Waals surface area contributed by atoms with Gasteiger partial charge in [0.15, 0.2) is 0 Å². The summed E-state index contributed by atoms with van der Waals surface area (Å²) in [6.45, 7) is 2.34. The quantitative estimate of drug-likeness (QED) is 0.754. The number of morpholine rings is 1. The predicted molar refractivity (Wildman–Crippen MR) is 97.6 cm³/mol. The van der Waals surface area contributed by atoms with Crippen molar-refractivity contribution in [2.24, 2.45) is 0 Å². The van der Waals surface area contributed by atoms with E-state index in [0.717, 1.165) is 16.6 Å². The van der Waals surface area contributed by atoms with Crippen LogP contribution in [-0.4, -0.2) is 47.1 Å². The molecule has 0 aliphatic carbocycles. The van der Waals surface area contributed by atoms with Crippen molar-refractivity contribution in [1.82, 2.24) is 14.9 Å². The number of rotatable bonds is 3. The van der Waals surface area contributed by atoms with Crippen molar-refractivity contribution in [3.8, 4) is 0 Å². The van der Waals surface area contributed by atoms with E-state index in [0.29, 0.717) is 42.7 Å². The van der Waals surface area contributed by atoms with Gasteiger partial charge in [-0.15, -0.1) is 0 Å². The molecule has 0 saturated carbocycles. The fourth-order valence-corrected chi connectivity index (χ4v) is 3.14. The fourth-order valence-electron chi connectivity index (χ4n) is 2.95. The number of hydrogen-bond acceptors (Lipinski definition) is 4. The average Bonchev–Trinajstić information content (AvgIpc) is 3.12. The van der Waals surface area contributed by atoms with Gasteiger partial charge in [0, 0.05) is 41.6 Å². The second kappa shape index (κ2) is 6.74. The van der Waals surface area contributed by atoms with E-state index in [4.69, 9.17) is 16.3 Å². The molecule has 0 bridgehead atoms. The first-order chi connectivity index (χ1) is 12.2. The second-order valence-corrected chi connectivity index (χ2v) is 6.26. The molecule has 25 heavy (non-hydrogen) atoms. The van der Waals surface area contributed by atoms with Crippen molar-refractivity contribution in [2.45, 2.75) is 0 Å². The van der Waals surface area contributed by atoms with Gasteiger partial charge in [-0.05, 0) is 24.3 Å². The Morgan fingerprint density at radius 1 is 1.28 bits per heavy atom. The van der Waals surface area contributed by atoms with E-state index in [-0.39, 0.29) is 5.91 Å². The van der Waals surface area contributed by atoms with Crippen molar-refractivity contribution < 1.29 is 9.53 Å². The van der Waals surface area contributed by atoms with Gasteiger partial charge in [0.1, 0.15) is 5.82 Å². The van der Waals surface area contributed by atoms with Crippen LogP contribution < -0.4 is 5.32 Å². The first-order valence-corrected chi connectivity index (χ1v) is 8.46. The van der Waals surface area contributed by atoms with Crippen LogP contribution in [0, 0.1) is 0 Å². The molecule has 1 fully saturated rings. The molecule has 0 spiro atoms. The number of anilines is 2. The minimum absolute atomic E-state index is 0.0300. The van der Waals surface area contributed by atoms with Gasteiger partial charge < -0.3 is 19.9 Å². The predicted octanol–water partition coefficient (Wildman–Crippen LogP) is 3.43. The number of amides is 1. The smallest absolute Gasteiger partial charge is 0.257 e. The SMILES string of the molecule is O=C(c1cnc(Nc2cccc(Cl)c2)c2cc[nH]c12)N1CCOCC1. The summed E-state index contributed by atoms with van der Waals surface area (Å²) in [7, 11) is 0. The summed E-state index contributed by atoms with van der Waals surface area (Å²) in [6.07, 6.45) is 3.43. The highest BCUT2D eigenvalue weighted by Gasteiger charge is 2.22. The number of ether oxygens (including phenoxy) is 1. The van der Waals surface area contributed by atoms with Crippen molar-refractivity contribution in [3.63, 3.8) is 0 Å². The summed E-state index contributed by atoms with van der Waals surface area (Å²) >= 11 is 6.03. The number of aromatic nitrogens is 2. The molecule has 1 amide bonds. The van der Waals surface area contributed by atoms with Crippen LogP contribution in [-0.2, 0) is 4.74 Å². The van der Waals surface area contributed by atoms with Crippen LogP contribution in [0.4, 0.5) is 11.5 Å². The van der Waals surface area contributed by atoms with E-state index in [1.54, 1.807) is 11.1 Å². The van der Waals surface area contributed by atoms with E-state index in [1.807, 2.05) is 36.5 Å². The lowest BCUT2D eigenvalue weighted by atomic mass is 10.1. The number of benzene rings is 1. The van der Waals surface area contributed by atoms with Crippen LogP contribution in [0.5, 0.6) is 0 Å². The number of aromatic amines is 1. The number of nitrogens with one attached hydrogen (secondary N) is 2. The fraction of sp³-hybridized carbons (Fsp3) is 0.222. The van der Waals surface area contributed by atoms with Gasteiger partial charge >= 0.3 is 0 Å². The summed E-state index contributed by atoms with van der Waals surface area (Å²) < 4.78 is 5.32. The lowest BCUT2D eigenvalue weighted by molar-refractivity contribution is 0.0304. The molecule has 2 aromatic heterocycles.